The first-order valence-electron chi connectivity index (χ1n) is 5.96. The van der Waals surface area contributed by atoms with Crippen molar-refractivity contribution in [3.8, 4) is 0 Å². The third kappa shape index (κ3) is 1.74. The first-order valence-corrected chi connectivity index (χ1v) is 5.96. The van der Waals surface area contributed by atoms with Crippen molar-refractivity contribution >= 4 is 0 Å². The molecule has 1 N–H and O–H groups in total. The fraction of sp³-hybridized carbons (Fsp3) is 0.429. The molecule has 1 atom stereocenters. The minimum absolute atomic E-state index is 0.570. The Morgan fingerprint density at radius 2 is 2.06 bits per heavy atom. The summed E-state index contributed by atoms with van der Waals surface area (Å²) in [6.45, 7) is 0.706. The van der Waals surface area contributed by atoms with Crippen molar-refractivity contribution < 1.29 is 9.84 Å². The van der Waals surface area contributed by atoms with Gasteiger partial charge in [-0.3, -0.25) is 0 Å². The molecule has 2 aliphatic rings. The van der Waals surface area contributed by atoms with E-state index >= 15 is 0 Å². The molecule has 16 heavy (non-hydrogen) atoms. The lowest BCUT2D eigenvalue weighted by Gasteiger charge is -2.16. The maximum Gasteiger partial charge on any atom is 0.136 e. The van der Waals surface area contributed by atoms with Gasteiger partial charge in [-0.1, -0.05) is 24.3 Å². The molecule has 0 saturated heterocycles. The minimum Gasteiger partial charge on any atom is -0.495 e. The summed E-state index contributed by atoms with van der Waals surface area (Å²) >= 11 is 0. The van der Waals surface area contributed by atoms with Crippen LogP contribution < -0.4 is 0 Å². The van der Waals surface area contributed by atoms with Gasteiger partial charge < -0.3 is 9.84 Å². The van der Waals surface area contributed by atoms with Crippen LogP contribution in [0.5, 0.6) is 0 Å². The van der Waals surface area contributed by atoms with Crippen molar-refractivity contribution in [1.29, 1.82) is 0 Å². The molecule has 84 valence electrons. The number of hydrogen-bond donors (Lipinski definition) is 1. The molecule has 2 heteroatoms. The maximum absolute atomic E-state index is 10.3. The van der Waals surface area contributed by atoms with Crippen LogP contribution in [-0.4, -0.2) is 11.7 Å². The largest absolute Gasteiger partial charge is 0.495 e. The fourth-order valence-corrected chi connectivity index (χ4v) is 2.31. The molecule has 1 heterocycles. The molecule has 3 rings (SSSR count). The van der Waals surface area contributed by atoms with Gasteiger partial charge in [0, 0.05) is 6.42 Å². The zero-order valence-electron chi connectivity index (χ0n) is 9.23. The molecule has 1 aromatic rings. The van der Waals surface area contributed by atoms with Gasteiger partial charge in [0.25, 0.3) is 0 Å². The zero-order chi connectivity index (χ0) is 11.0. The molecule has 1 aliphatic heterocycles. The molecule has 0 aromatic heterocycles. The highest BCUT2D eigenvalue weighted by molar-refractivity contribution is 5.37. The van der Waals surface area contributed by atoms with Crippen molar-refractivity contribution in [3.63, 3.8) is 0 Å². The molecule has 1 unspecified atom stereocenters. The summed E-state index contributed by atoms with van der Waals surface area (Å²) < 4.78 is 5.44. The van der Waals surface area contributed by atoms with Gasteiger partial charge in [0.2, 0.25) is 0 Å². The molecule has 0 radical (unpaired) electrons. The number of rotatable bonds is 3. The van der Waals surface area contributed by atoms with Crippen molar-refractivity contribution in [2.24, 2.45) is 0 Å². The second-order valence-corrected chi connectivity index (χ2v) is 4.55. The van der Waals surface area contributed by atoms with E-state index < -0.39 is 6.10 Å². The van der Waals surface area contributed by atoms with E-state index in [4.69, 9.17) is 4.74 Å². The molecule has 0 amide bonds. The second kappa shape index (κ2) is 3.95. The third-order valence-electron chi connectivity index (χ3n) is 3.31. The molecule has 1 aliphatic carbocycles. The smallest absolute Gasteiger partial charge is 0.136 e. The summed E-state index contributed by atoms with van der Waals surface area (Å²) in [5.41, 5.74) is 2.32. The number of aliphatic hydroxyl groups is 1. The van der Waals surface area contributed by atoms with Gasteiger partial charge in [0.15, 0.2) is 0 Å². The van der Waals surface area contributed by atoms with Crippen LogP contribution in [0.1, 0.15) is 42.4 Å². The Morgan fingerprint density at radius 3 is 2.75 bits per heavy atom. The Morgan fingerprint density at radius 1 is 1.25 bits per heavy atom. The van der Waals surface area contributed by atoms with Crippen molar-refractivity contribution in [2.45, 2.75) is 31.3 Å². The zero-order valence-corrected chi connectivity index (χ0v) is 9.23. The van der Waals surface area contributed by atoms with E-state index in [0.29, 0.717) is 12.5 Å². The SMILES string of the molecule is OC(C1=CCCO1)c1ccccc1C1CC1. The number of ether oxygens (including phenoxy) is 1. The topological polar surface area (TPSA) is 29.5 Å². The normalized spacial score (nSPS) is 21.4. The monoisotopic (exact) mass is 216 g/mol. The summed E-state index contributed by atoms with van der Waals surface area (Å²) in [5.74, 6) is 1.39. The summed E-state index contributed by atoms with van der Waals surface area (Å²) in [6.07, 6.45) is 4.85. The van der Waals surface area contributed by atoms with Crippen LogP contribution in [0.2, 0.25) is 0 Å². The molecule has 1 aromatic carbocycles. The Hall–Kier alpha value is -1.28. The van der Waals surface area contributed by atoms with E-state index in [0.717, 1.165) is 17.7 Å². The van der Waals surface area contributed by atoms with Crippen LogP contribution in [0.4, 0.5) is 0 Å². The average Bonchev–Trinajstić information content (AvgIpc) is 3.03. The van der Waals surface area contributed by atoms with Crippen LogP contribution in [-0.2, 0) is 4.74 Å². The Labute approximate surface area is 95.6 Å². The molecule has 1 saturated carbocycles. The van der Waals surface area contributed by atoms with Crippen LogP contribution >= 0.6 is 0 Å². The predicted octanol–water partition coefficient (Wildman–Crippen LogP) is 2.90. The Balaban J connectivity index is 1.92. The number of hydrogen-bond acceptors (Lipinski definition) is 2. The van der Waals surface area contributed by atoms with Gasteiger partial charge in [-0.15, -0.1) is 0 Å². The van der Waals surface area contributed by atoms with Gasteiger partial charge in [-0.25, -0.2) is 0 Å². The number of aliphatic hydroxyl groups excluding tert-OH is 1. The maximum atomic E-state index is 10.3. The molecule has 1 fully saturated rings. The van der Waals surface area contributed by atoms with E-state index in [2.05, 4.69) is 6.07 Å². The van der Waals surface area contributed by atoms with Gasteiger partial charge in [-0.2, -0.15) is 0 Å². The highest BCUT2D eigenvalue weighted by Gasteiger charge is 2.29. The van der Waals surface area contributed by atoms with E-state index in [-0.39, 0.29) is 0 Å². The van der Waals surface area contributed by atoms with Gasteiger partial charge in [-0.05, 0) is 36.0 Å². The lowest BCUT2D eigenvalue weighted by atomic mass is 9.98. The fourth-order valence-electron chi connectivity index (χ4n) is 2.31. The first kappa shape index (κ1) is 9.91. The number of benzene rings is 1. The quantitative estimate of drug-likeness (QED) is 0.841. The van der Waals surface area contributed by atoms with E-state index in [1.54, 1.807) is 0 Å². The molecule has 0 bridgehead atoms. The summed E-state index contributed by atoms with van der Waals surface area (Å²) in [5, 5.41) is 10.3. The van der Waals surface area contributed by atoms with E-state index in [1.807, 2.05) is 24.3 Å². The molecule has 2 nitrogen and oxygen atoms in total. The van der Waals surface area contributed by atoms with Crippen LogP contribution in [0, 0.1) is 0 Å². The van der Waals surface area contributed by atoms with Crippen molar-refractivity contribution in [3.05, 3.63) is 47.2 Å². The lowest BCUT2D eigenvalue weighted by Crippen LogP contribution is -2.05. The third-order valence-corrected chi connectivity index (χ3v) is 3.31. The standard InChI is InChI=1S/C14H16O2/c15-14(13-6-3-9-16-13)12-5-2-1-4-11(12)10-7-8-10/h1-2,4-6,10,14-15H,3,7-9H2. The molecule has 0 spiro atoms. The summed E-state index contributed by atoms with van der Waals surface area (Å²) in [7, 11) is 0. The van der Waals surface area contributed by atoms with Crippen molar-refractivity contribution in [2.75, 3.05) is 6.61 Å². The van der Waals surface area contributed by atoms with Gasteiger partial charge in [0.05, 0.1) is 6.61 Å². The van der Waals surface area contributed by atoms with Crippen LogP contribution in [0.25, 0.3) is 0 Å². The highest BCUT2D eigenvalue weighted by atomic mass is 16.5. The summed E-state index contributed by atoms with van der Waals surface area (Å²) in [6, 6.07) is 8.18. The van der Waals surface area contributed by atoms with Crippen LogP contribution in [0.3, 0.4) is 0 Å². The van der Waals surface area contributed by atoms with Crippen molar-refractivity contribution in [1.82, 2.24) is 0 Å². The summed E-state index contributed by atoms with van der Waals surface area (Å²) in [4.78, 5) is 0. The minimum atomic E-state index is -0.570. The van der Waals surface area contributed by atoms with E-state index in [1.165, 1.54) is 18.4 Å². The van der Waals surface area contributed by atoms with Gasteiger partial charge in [0.1, 0.15) is 11.9 Å². The highest BCUT2D eigenvalue weighted by Crippen LogP contribution is 2.44. The predicted molar refractivity (Wildman–Crippen MR) is 62.0 cm³/mol. The Kier molecular flexibility index (Phi) is 2.44. The van der Waals surface area contributed by atoms with E-state index in [9.17, 15) is 5.11 Å². The first-order chi connectivity index (χ1) is 7.86. The second-order valence-electron chi connectivity index (χ2n) is 4.55. The molecular weight excluding hydrogens is 200 g/mol. The average molecular weight is 216 g/mol. The molecular formula is C14H16O2. The van der Waals surface area contributed by atoms with Crippen LogP contribution in [0.15, 0.2) is 36.1 Å². The Bertz CT molecular complexity index is 418. The van der Waals surface area contributed by atoms with Gasteiger partial charge >= 0.3 is 0 Å². The lowest BCUT2D eigenvalue weighted by molar-refractivity contribution is 0.118.